The van der Waals surface area contributed by atoms with Crippen molar-refractivity contribution in [1.82, 2.24) is 9.55 Å². The SMILES string of the molecule is OC(CC1c2ccccc2-c2cncn21)C1CCC(C2CCCCC2=C(F)F)CC1. The Balaban J connectivity index is 1.24. The third-order valence-electron chi connectivity index (χ3n) is 7.89. The molecule has 3 nitrogen and oxygen atoms in total. The van der Waals surface area contributed by atoms with Gasteiger partial charge in [-0.15, -0.1) is 0 Å². The summed E-state index contributed by atoms with van der Waals surface area (Å²) in [7, 11) is 0. The van der Waals surface area contributed by atoms with E-state index in [2.05, 4.69) is 27.8 Å². The average Bonchev–Trinajstić information content (AvgIpc) is 3.36. The average molecular weight is 413 g/mol. The molecule has 1 N–H and O–H groups in total. The Labute approximate surface area is 176 Å². The summed E-state index contributed by atoms with van der Waals surface area (Å²) < 4.78 is 29.0. The minimum Gasteiger partial charge on any atom is -0.393 e. The standard InChI is InChI=1S/C25H30F2N2O/c26-25(27)21-8-4-1-5-18(21)16-9-11-17(12-10-16)24(30)13-22-19-6-2-3-7-20(19)23-14-28-15-29(22)23/h2-3,6-7,14-18,22,24,30H,1,4-5,8-13H2. The molecule has 1 aromatic heterocycles. The number of imidazole rings is 1. The fourth-order valence-electron chi connectivity index (χ4n) is 6.32. The molecule has 0 amide bonds. The van der Waals surface area contributed by atoms with Gasteiger partial charge in [0.1, 0.15) is 0 Å². The summed E-state index contributed by atoms with van der Waals surface area (Å²) in [5, 5.41) is 11.1. The van der Waals surface area contributed by atoms with Crippen molar-refractivity contribution in [1.29, 1.82) is 0 Å². The van der Waals surface area contributed by atoms with Crippen LogP contribution in [0, 0.1) is 17.8 Å². The third kappa shape index (κ3) is 3.51. The molecule has 5 heteroatoms. The molecule has 30 heavy (non-hydrogen) atoms. The van der Waals surface area contributed by atoms with Crippen LogP contribution in [0.1, 0.15) is 69.4 Å². The zero-order chi connectivity index (χ0) is 20.7. The van der Waals surface area contributed by atoms with E-state index in [0.29, 0.717) is 24.3 Å². The van der Waals surface area contributed by atoms with Gasteiger partial charge in [0.05, 0.1) is 30.4 Å². The molecule has 3 unspecified atom stereocenters. The Kier molecular flexibility index (Phi) is 5.48. The second-order valence-corrected chi connectivity index (χ2v) is 9.41. The Morgan fingerprint density at radius 1 is 1.10 bits per heavy atom. The van der Waals surface area contributed by atoms with E-state index in [-0.39, 0.29) is 24.0 Å². The van der Waals surface area contributed by atoms with E-state index in [1.54, 1.807) is 0 Å². The van der Waals surface area contributed by atoms with Crippen molar-refractivity contribution in [2.75, 3.05) is 0 Å². The summed E-state index contributed by atoms with van der Waals surface area (Å²) >= 11 is 0. The van der Waals surface area contributed by atoms with Crippen molar-refractivity contribution < 1.29 is 13.9 Å². The van der Waals surface area contributed by atoms with Crippen LogP contribution >= 0.6 is 0 Å². The Morgan fingerprint density at radius 3 is 2.70 bits per heavy atom. The minimum absolute atomic E-state index is 0.0667. The summed E-state index contributed by atoms with van der Waals surface area (Å²) in [5.74, 6) is 0.682. The van der Waals surface area contributed by atoms with E-state index >= 15 is 0 Å². The molecule has 160 valence electrons. The van der Waals surface area contributed by atoms with Crippen LogP contribution in [0.5, 0.6) is 0 Å². The quantitative estimate of drug-likeness (QED) is 0.635. The first kappa shape index (κ1) is 19.9. The maximum atomic E-state index is 13.4. The zero-order valence-corrected chi connectivity index (χ0v) is 17.3. The number of benzene rings is 1. The van der Waals surface area contributed by atoms with Crippen LogP contribution < -0.4 is 0 Å². The van der Waals surface area contributed by atoms with E-state index in [1.807, 2.05) is 18.6 Å². The van der Waals surface area contributed by atoms with Gasteiger partial charge in [0.15, 0.2) is 0 Å². The smallest absolute Gasteiger partial charge is 0.269 e. The molecule has 2 fully saturated rings. The highest BCUT2D eigenvalue weighted by Gasteiger charge is 2.37. The number of nitrogens with zero attached hydrogens (tertiary/aromatic N) is 2. The first-order valence-electron chi connectivity index (χ1n) is 11.5. The molecule has 3 atom stereocenters. The summed E-state index contributed by atoms with van der Waals surface area (Å²) in [6.45, 7) is 0. The maximum absolute atomic E-state index is 13.4. The lowest BCUT2D eigenvalue weighted by atomic mass is 9.68. The summed E-state index contributed by atoms with van der Waals surface area (Å²) in [6, 6.07) is 8.51. The predicted molar refractivity (Wildman–Crippen MR) is 113 cm³/mol. The van der Waals surface area contributed by atoms with Crippen molar-refractivity contribution in [3.05, 3.63) is 54.0 Å². The Morgan fingerprint density at radius 2 is 1.90 bits per heavy atom. The predicted octanol–water partition coefficient (Wildman–Crippen LogP) is 6.35. The van der Waals surface area contributed by atoms with Crippen molar-refractivity contribution in [3.8, 4) is 11.3 Å². The number of halogens is 2. The normalized spacial score (nSPS) is 29.4. The monoisotopic (exact) mass is 412 g/mol. The molecule has 2 heterocycles. The first-order chi connectivity index (χ1) is 14.6. The van der Waals surface area contributed by atoms with Crippen molar-refractivity contribution in [3.63, 3.8) is 0 Å². The molecule has 3 aliphatic rings. The lowest BCUT2D eigenvalue weighted by Crippen LogP contribution is -2.31. The van der Waals surface area contributed by atoms with Crippen molar-refractivity contribution in [2.24, 2.45) is 17.8 Å². The Bertz CT molecular complexity index is 925. The highest BCUT2D eigenvalue weighted by atomic mass is 19.3. The number of fused-ring (bicyclic) bond motifs is 3. The number of hydrogen-bond donors (Lipinski definition) is 1. The number of rotatable bonds is 4. The molecule has 1 aliphatic heterocycles. The summed E-state index contributed by atoms with van der Waals surface area (Å²) in [5.41, 5.74) is 4.02. The van der Waals surface area contributed by atoms with E-state index in [9.17, 15) is 13.9 Å². The fraction of sp³-hybridized carbons (Fsp3) is 0.560. The molecular weight excluding hydrogens is 382 g/mol. The van der Waals surface area contributed by atoms with Crippen LogP contribution in [0.3, 0.4) is 0 Å². The molecule has 2 aromatic rings. The molecule has 2 saturated carbocycles. The number of hydrogen-bond acceptors (Lipinski definition) is 2. The van der Waals surface area contributed by atoms with Gasteiger partial charge >= 0.3 is 0 Å². The van der Waals surface area contributed by atoms with Crippen LogP contribution in [0.4, 0.5) is 8.78 Å². The number of aliphatic hydroxyl groups is 1. The fourth-order valence-corrected chi connectivity index (χ4v) is 6.32. The second kappa shape index (κ2) is 8.26. The highest BCUT2D eigenvalue weighted by Crippen LogP contribution is 2.46. The number of allylic oxidation sites excluding steroid dienone is 1. The van der Waals surface area contributed by atoms with Crippen LogP contribution in [-0.4, -0.2) is 20.8 Å². The lowest BCUT2D eigenvalue weighted by Gasteiger charge is -2.38. The van der Waals surface area contributed by atoms with E-state index in [0.717, 1.165) is 50.6 Å². The number of aliphatic hydroxyl groups excluding tert-OH is 1. The van der Waals surface area contributed by atoms with Crippen molar-refractivity contribution >= 4 is 0 Å². The van der Waals surface area contributed by atoms with E-state index in [4.69, 9.17) is 0 Å². The van der Waals surface area contributed by atoms with Crippen LogP contribution in [-0.2, 0) is 0 Å². The van der Waals surface area contributed by atoms with Gasteiger partial charge in [-0.25, -0.2) is 4.98 Å². The van der Waals surface area contributed by atoms with Gasteiger partial charge in [0.2, 0.25) is 0 Å². The lowest BCUT2D eigenvalue weighted by molar-refractivity contribution is 0.0514. The van der Waals surface area contributed by atoms with Crippen molar-refractivity contribution in [2.45, 2.75) is 69.9 Å². The summed E-state index contributed by atoms with van der Waals surface area (Å²) in [4.78, 5) is 4.31. The number of aromatic nitrogens is 2. The van der Waals surface area contributed by atoms with Gasteiger partial charge in [-0.2, -0.15) is 8.78 Å². The Hall–Kier alpha value is -2.01. The molecular formula is C25H30F2N2O. The molecule has 0 radical (unpaired) electrons. The van der Waals surface area contributed by atoms with Crippen LogP contribution in [0.2, 0.25) is 0 Å². The maximum Gasteiger partial charge on any atom is 0.269 e. The molecule has 0 saturated heterocycles. The summed E-state index contributed by atoms with van der Waals surface area (Å²) in [6.07, 6.45) is 9.89. The molecule has 5 rings (SSSR count). The minimum atomic E-state index is -1.43. The van der Waals surface area contributed by atoms with E-state index < -0.39 is 6.08 Å². The van der Waals surface area contributed by atoms with Gasteiger partial charge in [-0.1, -0.05) is 30.7 Å². The molecule has 2 aliphatic carbocycles. The van der Waals surface area contributed by atoms with Gasteiger partial charge in [-0.05, 0) is 80.3 Å². The van der Waals surface area contributed by atoms with Gasteiger partial charge in [-0.3, -0.25) is 0 Å². The molecule has 0 bridgehead atoms. The molecule has 1 aromatic carbocycles. The van der Waals surface area contributed by atoms with Gasteiger partial charge in [0.25, 0.3) is 6.08 Å². The zero-order valence-electron chi connectivity index (χ0n) is 17.3. The molecule has 0 spiro atoms. The first-order valence-corrected chi connectivity index (χ1v) is 11.5. The van der Waals surface area contributed by atoms with Gasteiger partial charge < -0.3 is 9.67 Å². The topological polar surface area (TPSA) is 38.1 Å². The largest absolute Gasteiger partial charge is 0.393 e. The third-order valence-corrected chi connectivity index (χ3v) is 7.89. The van der Waals surface area contributed by atoms with Crippen LogP contribution in [0.15, 0.2) is 48.4 Å². The van der Waals surface area contributed by atoms with E-state index in [1.165, 1.54) is 11.1 Å². The van der Waals surface area contributed by atoms with Crippen LogP contribution in [0.25, 0.3) is 11.3 Å². The highest BCUT2D eigenvalue weighted by molar-refractivity contribution is 5.68. The van der Waals surface area contributed by atoms with Gasteiger partial charge in [0, 0.05) is 5.56 Å². The second-order valence-electron chi connectivity index (χ2n) is 9.41.